The molecule has 0 bridgehead atoms. The second-order valence-corrected chi connectivity index (χ2v) is 8.90. The maximum absolute atomic E-state index is 13.9. The van der Waals surface area contributed by atoms with E-state index < -0.39 is 26.6 Å². The number of sulfonamides is 1. The quantitative estimate of drug-likeness (QED) is 0.711. The van der Waals surface area contributed by atoms with E-state index in [1.54, 1.807) is 25.1 Å². The maximum atomic E-state index is 13.9. The molecule has 1 fully saturated rings. The molecule has 1 heterocycles. The number of aryl methyl sites for hydroxylation is 1. The lowest BCUT2D eigenvalue weighted by molar-refractivity contribution is -0.134. The van der Waals surface area contributed by atoms with Gasteiger partial charge in [0.2, 0.25) is 10.0 Å². The van der Waals surface area contributed by atoms with E-state index in [1.807, 2.05) is 0 Å². The fraction of sp³-hybridized carbons (Fsp3) is 0.316. The Bertz CT molecular complexity index is 1020. The van der Waals surface area contributed by atoms with E-state index in [-0.39, 0.29) is 38.7 Å². The van der Waals surface area contributed by atoms with E-state index >= 15 is 0 Å². The molecule has 1 amide bonds. The lowest BCUT2D eigenvalue weighted by Crippen LogP contribution is -2.51. The molecule has 0 saturated carbocycles. The molecule has 10 heteroatoms. The number of hydrogen-bond acceptors (Lipinski definition) is 4. The summed E-state index contributed by atoms with van der Waals surface area (Å²) in [6.45, 7) is 1.80. The largest absolute Gasteiger partial charge is 0.483 e. The van der Waals surface area contributed by atoms with Crippen LogP contribution in [0.3, 0.4) is 0 Å². The number of piperazine rings is 1. The second-order valence-electron chi connectivity index (χ2n) is 6.56. The molecule has 1 aliphatic heterocycles. The lowest BCUT2D eigenvalue weighted by atomic mass is 10.2. The van der Waals surface area contributed by atoms with Crippen molar-refractivity contribution < 1.29 is 26.7 Å². The van der Waals surface area contributed by atoms with Gasteiger partial charge in [0.05, 0.1) is 0 Å². The first-order valence-electron chi connectivity index (χ1n) is 8.80. The summed E-state index contributed by atoms with van der Waals surface area (Å²) >= 11 is 5.89. The lowest BCUT2D eigenvalue weighted by Gasteiger charge is -2.34. The van der Waals surface area contributed by atoms with Crippen LogP contribution in [0.15, 0.2) is 41.3 Å². The summed E-state index contributed by atoms with van der Waals surface area (Å²) in [5, 5.41) is 0.563. The molecule has 1 aliphatic rings. The molecular weight excluding hydrogens is 426 g/mol. The third-order valence-electron chi connectivity index (χ3n) is 4.59. The summed E-state index contributed by atoms with van der Waals surface area (Å²) in [5.41, 5.74) is 0.790. The second kappa shape index (κ2) is 8.64. The Balaban J connectivity index is 1.59. The summed E-state index contributed by atoms with van der Waals surface area (Å²) in [7, 11) is -4.19. The van der Waals surface area contributed by atoms with Gasteiger partial charge in [-0.2, -0.15) is 4.31 Å². The van der Waals surface area contributed by atoms with Crippen LogP contribution >= 0.6 is 11.6 Å². The van der Waals surface area contributed by atoms with Crippen molar-refractivity contribution in [1.29, 1.82) is 0 Å². The summed E-state index contributed by atoms with van der Waals surface area (Å²) in [6, 6.07) is 7.33. The smallest absolute Gasteiger partial charge is 0.260 e. The molecule has 0 unspecified atom stereocenters. The van der Waals surface area contributed by atoms with E-state index in [4.69, 9.17) is 16.3 Å². The molecule has 156 valence electrons. The van der Waals surface area contributed by atoms with Gasteiger partial charge in [-0.3, -0.25) is 4.79 Å². The Morgan fingerprint density at radius 2 is 1.79 bits per heavy atom. The monoisotopic (exact) mass is 444 g/mol. The van der Waals surface area contributed by atoms with E-state index in [1.165, 1.54) is 4.90 Å². The number of benzene rings is 2. The number of halogens is 3. The van der Waals surface area contributed by atoms with Gasteiger partial charge in [0.15, 0.2) is 6.61 Å². The molecule has 0 aliphatic carbocycles. The fourth-order valence-electron chi connectivity index (χ4n) is 3.00. The molecule has 0 atom stereocenters. The molecule has 0 radical (unpaired) electrons. The van der Waals surface area contributed by atoms with Crippen LogP contribution in [0.5, 0.6) is 5.75 Å². The third kappa shape index (κ3) is 4.85. The zero-order valence-electron chi connectivity index (χ0n) is 15.6. The predicted molar refractivity (Wildman–Crippen MR) is 103 cm³/mol. The van der Waals surface area contributed by atoms with Crippen LogP contribution in [0.1, 0.15) is 5.56 Å². The average Bonchev–Trinajstić information content (AvgIpc) is 2.69. The number of carbonyl (C=O) groups excluding carboxylic acids is 1. The van der Waals surface area contributed by atoms with Gasteiger partial charge in [-0.05, 0) is 48.9 Å². The molecule has 1 saturated heterocycles. The highest BCUT2D eigenvalue weighted by atomic mass is 35.5. The third-order valence-corrected chi connectivity index (χ3v) is 6.74. The highest BCUT2D eigenvalue weighted by molar-refractivity contribution is 7.89. The Morgan fingerprint density at radius 1 is 1.10 bits per heavy atom. The molecule has 3 rings (SSSR count). The summed E-state index contributed by atoms with van der Waals surface area (Å²) in [6.07, 6.45) is 0. The average molecular weight is 445 g/mol. The Morgan fingerprint density at radius 3 is 2.45 bits per heavy atom. The van der Waals surface area contributed by atoms with Crippen LogP contribution in [-0.2, 0) is 14.8 Å². The molecule has 0 spiro atoms. The first-order chi connectivity index (χ1) is 13.7. The normalized spacial score (nSPS) is 15.4. The fourth-order valence-corrected chi connectivity index (χ4v) is 4.72. The summed E-state index contributed by atoms with van der Waals surface area (Å²) in [5.74, 6) is -1.62. The van der Waals surface area contributed by atoms with Gasteiger partial charge < -0.3 is 9.64 Å². The van der Waals surface area contributed by atoms with Gasteiger partial charge >= 0.3 is 0 Å². The van der Waals surface area contributed by atoms with Crippen LogP contribution in [-0.4, -0.2) is 56.3 Å². The van der Waals surface area contributed by atoms with E-state index in [2.05, 4.69) is 0 Å². The van der Waals surface area contributed by atoms with Gasteiger partial charge in [0.25, 0.3) is 5.91 Å². The maximum Gasteiger partial charge on any atom is 0.260 e. The molecule has 6 nitrogen and oxygen atoms in total. The minimum absolute atomic E-state index is 0.0238. The van der Waals surface area contributed by atoms with Gasteiger partial charge in [0, 0.05) is 31.2 Å². The molecule has 29 heavy (non-hydrogen) atoms. The first-order valence-corrected chi connectivity index (χ1v) is 10.6. The molecule has 0 aromatic heterocycles. The Hall–Kier alpha value is -2.23. The molecule has 2 aromatic carbocycles. The van der Waals surface area contributed by atoms with Gasteiger partial charge in [-0.15, -0.1) is 0 Å². The zero-order valence-corrected chi connectivity index (χ0v) is 17.1. The number of hydrogen-bond donors (Lipinski definition) is 0. The summed E-state index contributed by atoms with van der Waals surface area (Å²) < 4.78 is 59.0. The Kier molecular flexibility index (Phi) is 6.40. The van der Waals surface area contributed by atoms with Crippen LogP contribution in [0, 0.1) is 18.6 Å². The number of amides is 1. The van der Waals surface area contributed by atoms with Gasteiger partial charge in [0.1, 0.15) is 22.3 Å². The van der Waals surface area contributed by atoms with Gasteiger partial charge in [-0.1, -0.05) is 11.6 Å². The SMILES string of the molecule is Cc1cc(Cl)ccc1OCC(=O)N1CCN(S(=O)(=O)c2cc(F)ccc2F)CC1. The number of carbonyl (C=O) groups is 1. The number of ether oxygens (including phenoxy) is 1. The molecular formula is C19H19ClF2N2O4S. The summed E-state index contributed by atoms with van der Waals surface area (Å²) in [4.78, 5) is 13.1. The highest BCUT2D eigenvalue weighted by Crippen LogP contribution is 2.23. The van der Waals surface area contributed by atoms with Crippen molar-refractivity contribution in [2.75, 3.05) is 32.8 Å². The Labute approximate surface area is 172 Å². The van der Waals surface area contributed by atoms with Crippen molar-refractivity contribution >= 4 is 27.5 Å². The van der Waals surface area contributed by atoms with Crippen molar-refractivity contribution in [2.45, 2.75) is 11.8 Å². The predicted octanol–water partition coefficient (Wildman–Crippen LogP) is 2.84. The van der Waals surface area contributed by atoms with Gasteiger partial charge in [-0.25, -0.2) is 17.2 Å². The first kappa shape index (κ1) is 21.5. The van der Waals surface area contributed by atoms with Crippen LogP contribution < -0.4 is 4.74 Å². The van der Waals surface area contributed by atoms with Crippen molar-refractivity contribution in [3.63, 3.8) is 0 Å². The molecule has 2 aromatic rings. The van der Waals surface area contributed by atoms with Crippen LogP contribution in [0.25, 0.3) is 0 Å². The van der Waals surface area contributed by atoms with Crippen molar-refractivity contribution in [2.24, 2.45) is 0 Å². The van der Waals surface area contributed by atoms with Crippen LogP contribution in [0.2, 0.25) is 5.02 Å². The van der Waals surface area contributed by atoms with Crippen molar-refractivity contribution in [3.05, 3.63) is 58.6 Å². The van der Waals surface area contributed by atoms with E-state index in [9.17, 15) is 22.0 Å². The van der Waals surface area contributed by atoms with E-state index in [0.717, 1.165) is 22.0 Å². The van der Waals surface area contributed by atoms with Crippen molar-refractivity contribution in [3.8, 4) is 5.75 Å². The topological polar surface area (TPSA) is 66.9 Å². The standard InChI is InChI=1S/C19H19ClF2N2O4S/c1-13-10-14(20)2-5-17(13)28-12-19(25)23-6-8-24(9-7-23)29(26,27)18-11-15(21)3-4-16(18)22/h2-5,10-11H,6-9,12H2,1H3. The zero-order chi connectivity index (χ0) is 21.2. The van der Waals surface area contributed by atoms with Crippen molar-refractivity contribution in [1.82, 2.24) is 9.21 Å². The molecule has 0 N–H and O–H groups in total. The highest BCUT2D eigenvalue weighted by Gasteiger charge is 2.32. The number of rotatable bonds is 5. The van der Waals surface area contributed by atoms with E-state index in [0.29, 0.717) is 16.8 Å². The minimum Gasteiger partial charge on any atom is -0.483 e. The van der Waals surface area contributed by atoms with Crippen LogP contribution in [0.4, 0.5) is 8.78 Å². The minimum atomic E-state index is -4.19. The number of nitrogens with zero attached hydrogens (tertiary/aromatic N) is 2.